The molecule has 2 atom stereocenters. The van der Waals surface area contributed by atoms with E-state index in [2.05, 4.69) is 27.2 Å². The Morgan fingerprint density at radius 3 is 3.26 bits per heavy atom. The zero-order valence-corrected chi connectivity index (χ0v) is 13.1. The first kappa shape index (κ1) is 15.4. The molecule has 2 aromatic rings. The van der Waals surface area contributed by atoms with Crippen LogP contribution in [0.2, 0.25) is 0 Å². The molecule has 1 fully saturated rings. The lowest BCUT2D eigenvalue weighted by atomic mass is 9.93. The number of rotatable bonds is 4. The molecule has 2 N–H and O–H groups in total. The number of piperidine rings is 1. The fourth-order valence-corrected chi connectivity index (χ4v) is 3.03. The standard InChI is InChI=1S/C16H20N6O/c1-11-4-7-22(14(23)2-5-17)9-13(11)19-8-12-3-6-18-16-15(12)20-10-21-16/h3,6,10-11,13,19H,2,4,7-9H2,1H3,(H,18,20,21)/t11-,13+/m1/s1. The summed E-state index contributed by atoms with van der Waals surface area (Å²) >= 11 is 0. The number of nitrogens with one attached hydrogen (secondary N) is 2. The first-order chi connectivity index (χ1) is 11.2. The van der Waals surface area contributed by atoms with Crippen LogP contribution in [-0.4, -0.2) is 44.9 Å². The van der Waals surface area contributed by atoms with Crippen molar-refractivity contribution < 1.29 is 4.79 Å². The molecular weight excluding hydrogens is 292 g/mol. The maximum atomic E-state index is 11.9. The Labute approximate surface area is 134 Å². The van der Waals surface area contributed by atoms with E-state index < -0.39 is 0 Å². The molecule has 7 nitrogen and oxygen atoms in total. The van der Waals surface area contributed by atoms with Crippen molar-refractivity contribution in [1.29, 1.82) is 5.26 Å². The molecule has 0 unspecified atom stereocenters. The van der Waals surface area contributed by atoms with E-state index in [1.165, 1.54) is 0 Å². The summed E-state index contributed by atoms with van der Waals surface area (Å²) in [6.07, 6.45) is 4.31. The third-order valence-electron chi connectivity index (χ3n) is 4.51. The summed E-state index contributed by atoms with van der Waals surface area (Å²) in [5, 5.41) is 12.2. The highest BCUT2D eigenvalue weighted by Gasteiger charge is 2.28. The summed E-state index contributed by atoms with van der Waals surface area (Å²) in [5.74, 6) is 0.409. The van der Waals surface area contributed by atoms with Crippen molar-refractivity contribution in [1.82, 2.24) is 25.2 Å². The zero-order chi connectivity index (χ0) is 16.2. The molecule has 7 heteroatoms. The zero-order valence-electron chi connectivity index (χ0n) is 13.1. The maximum Gasteiger partial charge on any atom is 0.236 e. The van der Waals surface area contributed by atoms with Gasteiger partial charge in [-0.25, -0.2) is 9.97 Å². The van der Waals surface area contributed by atoms with Crippen molar-refractivity contribution >= 4 is 17.1 Å². The summed E-state index contributed by atoms with van der Waals surface area (Å²) in [4.78, 5) is 25.2. The van der Waals surface area contributed by atoms with Crippen molar-refractivity contribution in [3.63, 3.8) is 0 Å². The summed E-state index contributed by atoms with van der Waals surface area (Å²) in [6.45, 7) is 4.28. The number of hydrogen-bond donors (Lipinski definition) is 2. The van der Waals surface area contributed by atoms with Crippen LogP contribution in [0.5, 0.6) is 0 Å². The van der Waals surface area contributed by atoms with E-state index in [1.807, 2.05) is 12.1 Å². The molecule has 1 aliphatic heterocycles. The van der Waals surface area contributed by atoms with Crippen LogP contribution in [-0.2, 0) is 11.3 Å². The topological polar surface area (TPSA) is 97.7 Å². The predicted octanol–water partition coefficient (Wildman–Crippen LogP) is 1.20. The molecule has 3 rings (SSSR count). The normalized spacial score (nSPS) is 21.3. The smallest absolute Gasteiger partial charge is 0.236 e. The fourth-order valence-electron chi connectivity index (χ4n) is 3.03. The Bertz CT molecular complexity index is 733. The van der Waals surface area contributed by atoms with Gasteiger partial charge in [-0.3, -0.25) is 4.79 Å². The number of amides is 1. The van der Waals surface area contributed by atoms with Crippen LogP contribution >= 0.6 is 0 Å². The Morgan fingerprint density at radius 1 is 1.57 bits per heavy atom. The number of fused-ring (bicyclic) bond motifs is 1. The minimum Gasteiger partial charge on any atom is -0.343 e. The molecule has 0 radical (unpaired) electrons. The Balaban J connectivity index is 1.65. The Morgan fingerprint density at radius 2 is 2.43 bits per heavy atom. The molecule has 0 bridgehead atoms. The number of carbonyl (C=O) groups excluding carboxylic acids is 1. The largest absolute Gasteiger partial charge is 0.343 e. The van der Waals surface area contributed by atoms with Gasteiger partial charge in [-0.1, -0.05) is 6.92 Å². The van der Waals surface area contributed by atoms with E-state index in [1.54, 1.807) is 17.4 Å². The molecule has 0 aliphatic carbocycles. The van der Waals surface area contributed by atoms with Gasteiger partial charge in [-0.2, -0.15) is 5.26 Å². The van der Waals surface area contributed by atoms with Gasteiger partial charge in [0, 0.05) is 31.9 Å². The van der Waals surface area contributed by atoms with E-state index in [9.17, 15) is 4.79 Å². The van der Waals surface area contributed by atoms with Gasteiger partial charge < -0.3 is 15.2 Å². The van der Waals surface area contributed by atoms with Crippen LogP contribution in [0, 0.1) is 17.2 Å². The van der Waals surface area contributed by atoms with Crippen LogP contribution in [0.25, 0.3) is 11.2 Å². The lowest BCUT2D eigenvalue weighted by Crippen LogP contribution is -2.51. The summed E-state index contributed by atoms with van der Waals surface area (Å²) < 4.78 is 0. The third kappa shape index (κ3) is 3.32. The number of hydrogen-bond acceptors (Lipinski definition) is 5. The van der Waals surface area contributed by atoms with E-state index in [0.29, 0.717) is 24.7 Å². The van der Waals surface area contributed by atoms with Gasteiger partial charge in [0.05, 0.1) is 17.9 Å². The van der Waals surface area contributed by atoms with Gasteiger partial charge in [0.2, 0.25) is 5.91 Å². The predicted molar refractivity (Wildman–Crippen MR) is 85.1 cm³/mol. The number of aromatic amines is 1. The average molecular weight is 312 g/mol. The van der Waals surface area contributed by atoms with Crippen molar-refractivity contribution in [2.75, 3.05) is 13.1 Å². The van der Waals surface area contributed by atoms with Crippen molar-refractivity contribution in [3.8, 4) is 6.07 Å². The van der Waals surface area contributed by atoms with Gasteiger partial charge in [0.1, 0.15) is 6.42 Å². The number of carbonyl (C=O) groups is 1. The Kier molecular flexibility index (Phi) is 4.53. The molecule has 3 heterocycles. The van der Waals surface area contributed by atoms with Gasteiger partial charge in [0.25, 0.3) is 0 Å². The minimum atomic E-state index is -0.0777. The fraction of sp³-hybridized carbons (Fsp3) is 0.500. The average Bonchev–Trinajstić information content (AvgIpc) is 3.03. The molecule has 1 amide bonds. The lowest BCUT2D eigenvalue weighted by molar-refractivity contribution is -0.132. The number of likely N-dealkylation sites (tertiary alicyclic amines) is 1. The first-order valence-corrected chi connectivity index (χ1v) is 7.84. The van der Waals surface area contributed by atoms with Crippen molar-refractivity contribution in [3.05, 3.63) is 24.2 Å². The van der Waals surface area contributed by atoms with Gasteiger partial charge in [0.15, 0.2) is 5.65 Å². The molecule has 2 aromatic heterocycles. The summed E-state index contributed by atoms with van der Waals surface area (Å²) in [6, 6.07) is 4.13. The highest BCUT2D eigenvalue weighted by molar-refractivity contribution is 5.78. The van der Waals surface area contributed by atoms with Crippen LogP contribution in [0.1, 0.15) is 25.3 Å². The number of pyridine rings is 1. The molecule has 1 aliphatic rings. The quantitative estimate of drug-likeness (QED) is 0.884. The van der Waals surface area contributed by atoms with Crippen LogP contribution in [0.15, 0.2) is 18.6 Å². The molecule has 120 valence electrons. The summed E-state index contributed by atoms with van der Waals surface area (Å²) in [5.41, 5.74) is 2.77. The van der Waals surface area contributed by atoms with Crippen molar-refractivity contribution in [2.45, 2.75) is 32.4 Å². The van der Waals surface area contributed by atoms with Gasteiger partial charge in [-0.05, 0) is 24.0 Å². The minimum absolute atomic E-state index is 0.0414. The molecule has 23 heavy (non-hydrogen) atoms. The first-order valence-electron chi connectivity index (χ1n) is 7.84. The highest BCUT2D eigenvalue weighted by Crippen LogP contribution is 2.19. The molecular formula is C16H20N6O. The van der Waals surface area contributed by atoms with Gasteiger partial charge >= 0.3 is 0 Å². The molecule has 1 saturated heterocycles. The van der Waals surface area contributed by atoms with E-state index in [4.69, 9.17) is 5.26 Å². The molecule has 0 spiro atoms. The van der Waals surface area contributed by atoms with E-state index in [0.717, 1.165) is 24.0 Å². The van der Waals surface area contributed by atoms with E-state index in [-0.39, 0.29) is 18.4 Å². The number of aromatic nitrogens is 3. The van der Waals surface area contributed by atoms with Crippen LogP contribution in [0.4, 0.5) is 0 Å². The maximum absolute atomic E-state index is 11.9. The second-order valence-electron chi connectivity index (χ2n) is 6.00. The SMILES string of the molecule is C[C@@H]1CCN(C(=O)CC#N)C[C@@H]1NCc1ccnc2nc[nH]c12. The van der Waals surface area contributed by atoms with Crippen LogP contribution < -0.4 is 5.32 Å². The van der Waals surface area contributed by atoms with Crippen LogP contribution in [0.3, 0.4) is 0 Å². The highest BCUT2D eigenvalue weighted by atomic mass is 16.2. The monoisotopic (exact) mass is 312 g/mol. The molecule has 0 aromatic carbocycles. The molecule has 0 saturated carbocycles. The number of imidazole rings is 1. The second kappa shape index (κ2) is 6.75. The second-order valence-corrected chi connectivity index (χ2v) is 6.00. The number of nitriles is 1. The van der Waals surface area contributed by atoms with Crippen molar-refractivity contribution in [2.24, 2.45) is 5.92 Å². The number of H-pyrrole nitrogens is 1. The lowest BCUT2D eigenvalue weighted by Gasteiger charge is -2.37. The number of nitrogens with zero attached hydrogens (tertiary/aromatic N) is 4. The third-order valence-corrected chi connectivity index (χ3v) is 4.51. The Hall–Kier alpha value is -2.46. The summed E-state index contributed by atoms with van der Waals surface area (Å²) in [7, 11) is 0. The van der Waals surface area contributed by atoms with E-state index >= 15 is 0 Å². The van der Waals surface area contributed by atoms with Gasteiger partial charge in [-0.15, -0.1) is 0 Å².